The highest BCUT2D eigenvalue weighted by Crippen LogP contribution is 2.28. The molecule has 2 heterocycles. The average molecular weight is 340 g/mol. The van der Waals surface area contributed by atoms with Crippen LogP contribution in [0, 0.1) is 10.1 Å². The predicted octanol–water partition coefficient (Wildman–Crippen LogP) is 1.12. The Morgan fingerprint density at radius 3 is 2.87 bits per heavy atom. The first-order chi connectivity index (χ1) is 11.0. The zero-order chi connectivity index (χ0) is 16.8. The molecular formula is C14H20N4O4S. The molecule has 1 fully saturated rings. The third-order valence-corrected chi connectivity index (χ3v) is 4.75. The van der Waals surface area contributed by atoms with Crippen LogP contribution in [0.15, 0.2) is 12.1 Å². The van der Waals surface area contributed by atoms with Gasteiger partial charge in [-0.25, -0.2) is 0 Å². The lowest BCUT2D eigenvalue weighted by Gasteiger charge is -2.23. The van der Waals surface area contributed by atoms with E-state index in [1.165, 1.54) is 17.0 Å². The maximum atomic E-state index is 12.5. The van der Waals surface area contributed by atoms with E-state index in [-0.39, 0.29) is 16.8 Å². The van der Waals surface area contributed by atoms with E-state index in [1.54, 1.807) is 0 Å². The van der Waals surface area contributed by atoms with Crippen molar-refractivity contribution in [2.75, 3.05) is 19.6 Å². The van der Waals surface area contributed by atoms with Gasteiger partial charge in [0, 0.05) is 19.2 Å². The first kappa shape index (κ1) is 17.4. The second kappa shape index (κ2) is 8.02. The highest BCUT2D eigenvalue weighted by Gasteiger charge is 2.35. The van der Waals surface area contributed by atoms with Gasteiger partial charge >= 0.3 is 5.00 Å². The van der Waals surface area contributed by atoms with E-state index in [2.05, 4.69) is 5.32 Å². The molecule has 0 aromatic carbocycles. The van der Waals surface area contributed by atoms with Crippen LogP contribution in [0.3, 0.4) is 0 Å². The lowest BCUT2D eigenvalue weighted by atomic mass is 10.2. The number of hydrogen-bond donors (Lipinski definition) is 2. The Morgan fingerprint density at radius 1 is 1.43 bits per heavy atom. The molecule has 9 heteroatoms. The predicted molar refractivity (Wildman–Crippen MR) is 86.3 cm³/mol. The van der Waals surface area contributed by atoms with Crippen LogP contribution in [0.25, 0.3) is 0 Å². The Hall–Kier alpha value is -2.00. The van der Waals surface area contributed by atoms with Crippen molar-refractivity contribution in [2.45, 2.75) is 31.7 Å². The summed E-state index contributed by atoms with van der Waals surface area (Å²) in [5, 5.41) is 13.5. The summed E-state index contributed by atoms with van der Waals surface area (Å²) in [5.41, 5.74) is 5.40. The maximum absolute atomic E-state index is 12.5. The lowest BCUT2D eigenvalue weighted by Crippen LogP contribution is -2.46. The number of hydrogen-bond acceptors (Lipinski definition) is 6. The van der Waals surface area contributed by atoms with E-state index < -0.39 is 11.0 Å². The fourth-order valence-electron chi connectivity index (χ4n) is 2.56. The van der Waals surface area contributed by atoms with E-state index >= 15 is 0 Å². The van der Waals surface area contributed by atoms with Gasteiger partial charge < -0.3 is 16.0 Å². The third-order valence-electron chi connectivity index (χ3n) is 3.73. The molecule has 1 aliphatic heterocycles. The highest BCUT2D eigenvalue weighted by atomic mass is 32.1. The summed E-state index contributed by atoms with van der Waals surface area (Å²) in [5.74, 6) is -0.485. The zero-order valence-corrected chi connectivity index (χ0v) is 13.5. The highest BCUT2D eigenvalue weighted by molar-refractivity contribution is 7.17. The Balaban J connectivity index is 1.98. The van der Waals surface area contributed by atoms with Crippen LogP contribution in [0.5, 0.6) is 0 Å². The number of nitro groups is 1. The molecule has 2 amide bonds. The lowest BCUT2D eigenvalue weighted by molar-refractivity contribution is -0.380. The number of amides is 2. The first-order valence-corrected chi connectivity index (χ1v) is 8.39. The SMILES string of the molecule is NCCCCNC(=O)C1CCCN1C(=O)c1ccc([N+](=O)[O-])s1. The summed E-state index contributed by atoms with van der Waals surface area (Å²) in [6.45, 7) is 1.62. The second-order valence-electron chi connectivity index (χ2n) is 5.34. The Morgan fingerprint density at radius 2 is 2.22 bits per heavy atom. The molecule has 1 saturated heterocycles. The molecule has 1 aromatic rings. The summed E-state index contributed by atoms with van der Waals surface area (Å²) in [6.07, 6.45) is 3.01. The number of nitrogens with two attached hydrogens (primary N) is 1. The van der Waals surface area contributed by atoms with Crippen molar-refractivity contribution in [3.8, 4) is 0 Å². The fraction of sp³-hybridized carbons (Fsp3) is 0.571. The van der Waals surface area contributed by atoms with Crippen molar-refractivity contribution >= 4 is 28.2 Å². The zero-order valence-electron chi connectivity index (χ0n) is 12.7. The molecule has 0 radical (unpaired) electrons. The number of likely N-dealkylation sites (tertiary alicyclic amines) is 1. The minimum absolute atomic E-state index is 0.0738. The summed E-state index contributed by atoms with van der Waals surface area (Å²) in [6, 6.07) is 2.26. The third kappa shape index (κ3) is 4.26. The van der Waals surface area contributed by atoms with Gasteiger partial charge in [0.15, 0.2) is 0 Å². The summed E-state index contributed by atoms with van der Waals surface area (Å²) < 4.78 is 0. The average Bonchev–Trinajstić information content (AvgIpc) is 3.19. The van der Waals surface area contributed by atoms with Crippen LogP contribution in [-0.4, -0.2) is 47.3 Å². The van der Waals surface area contributed by atoms with Gasteiger partial charge in [-0.05, 0) is 38.3 Å². The Labute approximate surface area is 137 Å². The van der Waals surface area contributed by atoms with E-state index in [4.69, 9.17) is 5.73 Å². The number of nitrogens with one attached hydrogen (secondary N) is 1. The van der Waals surface area contributed by atoms with Crippen LogP contribution >= 0.6 is 11.3 Å². The van der Waals surface area contributed by atoms with Crippen LogP contribution in [0.2, 0.25) is 0 Å². The van der Waals surface area contributed by atoms with Crippen molar-refractivity contribution in [1.82, 2.24) is 10.2 Å². The number of carbonyl (C=O) groups is 2. The van der Waals surface area contributed by atoms with Crippen molar-refractivity contribution in [1.29, 1.82) is 0 Å². The molecule has 1 aliphatic rings. The van der Waals surface area contributed by atoms with Gasteiger partial charge in [-0.15, -0.1) is 0 Å². The van der Waals surface area contributed by atoms with Crippen LogP contribution in [0.4, 0.5) is 5.00 Å². The molecule has 23 heavy (non-hydrogen) atoms. The topological polar surface area (TPSA) is 119 Å². The summed E-state index contributed by atoms with van der Waals surface area (Å²) in [7, 11) is 0. The summed E-state index contributed by atoms with van der Waals surface area (Å²) >= 11 is 0.838. The number of carbonyl (C=O) groups excluding carboxylic acids is 2. The number of rotatable bonds is 7. The largest absolute Gasteiger partial charge is 0.354 e. The van der Waals surface area contributed by atoms with Crippen molar-refractivity contribution < 1.29 is 14.5 Å². The number of thiophene rings is 1. The van der Waals surface area contributed by atoms with Gasteiger partial charge in [0.2, 0.25) is 5.91 Å². The normalized spacial score (nSPS) is 17.3. The van der Waals surface area contributed by atoms with Crippen molar-refractivity contribution in [3.05, 3.63) is 27.1 Å². The van der Waals surface area contributed by atoms with Crippen LogP contribution in [-0.2, 0) is 4.79 Å². The Kier molecular flexibility index (Phi) is 6.05. The monoisotopic (exact) mass is 340 g/mol. The first-order valence-electron chi connectivity index (χ1n) is 7.57. The molecule has 0 bridgehead atoms. The van der Waals surface area contributed by atoms with E-state index in [1.807, 2.05) is 0 Å². The van der Waals surface area contributed by atoms with Crippen LogP contribution in [0.1, 0.15) is 35.4 Å². The van der Waals surface area contributed by atoms with E-state index in [0.717, 1.165) is 30.6 Å². The molecular weight excluding hydrogens is 320 g/mol. The van der Waals surface area contributed by atoms with Crippen molar-refractivity contribution in [2.24, 2.45) is 5.73 Å². The van der Waals surface area contributed by atoms with Crippen LogP contribution < -0.4 is 11.1 Å². The van der Waals surface area contributed by atoms with E-state index in [0.29, 0.717) is 30.9 Å². The minimum atomic E-state index is -0.521. The molecule has 0 aliphatic carbocycles. The standard InChI is InChI=1S/C14H20N4O4S/c15-7-1-2-8-16-13(19)10-4-3-9-17(10)14(20)11-5-6-12(23-11)18(21)22/h5-6,10H,1-4,7-9,15H2,(H,16,19). The minimum Gasteiger partial charge on any atom is -0.354 e. The second-order valence-corrected chi connectivity index (χ2v) is 6.40. The maximum Gasteiger partial charge on any atom is 0.324 e. The quantitative estimate of drug-likeness (QED) is 0.438. The molecule has 0 spiro atoms. The fourth-order valence-corrected chi connectivity index (χ4v) is 3.34. The molecule has 0 saturated carbocycles. The molecule has 126 valence electrons. The Bertz CT molecular complexity index is 589. The van der Waals surface area contributed by atoms with Gasteiger partial charge in [-0.1, -0.05) is 11.3 Å². The van der Waals surface area contributed by atoms with Gasteiger partial charge in [-0.2, -0.15) is 0 Å². The van der Waals surface area contributed by atoms with E-state index in [9.17, 15) is 19.7 Å². The summed E-state index contributed by atoms with van der Waals surface area (Å²) in [4.78, 5) is 36.7. The molecule has 8 nitrogen and oxygen atoms in total. The van der Waals surface area contributed by atoms with Crippen molar-refractivity contribution in [3.63, 3.8) is 0 Å². The van der Waals surface area contributed by atoms with Gasteiger partial charge in [0.1, 0.15) is 6.04 Å². The van der Waals surface area contributed by atoms with Gasteiger partial charge in [0.05, 0.1) is 9.80 Å². The molecule has 1 atom stereocenters. The molecule has 3 N–H and O–H groups in total. The number of nitrogens with zero attached hydrogens (tertiary/aromatic N) is 2. The smallest absolute Gasteiger partial charge is 0.324 e. The molecule has 1 aromatic heterocycles. The van der Waals surface area contributed by atoms with Gasteiger partial charge in [-0.3, -0.25) is 19.7 Å². The number of unbranched alkanes of at least 4 members (excludes halogenated alkanes) is 1. The molecule has 2 rings (SSSR count). The molecule has 1 unspecified atom stereocenters. The van der Waals surface area contributed by atoms with Gasteiger partial charge in [0.25, 0.3) is 5.91 Å².